The van der Waals surface area contributed by atoms with Crippen LogP contribution in [0.2, 0.25) is 0 Å². The molecule has 0 radical (unpaired) electrons. The molecule has 0 N–H and O–H groups in total. The monoisotopic (exact) mass is 348 g/mol. The zero-order valence-electron chi connectivity index (χ0n) is 14.6. The van der Waals surface area contributed by atoms with Crippen molar-refractivity contribution in [3.63, 3.8) is 0 Å². The smallest absolute Gasteiger partial charge is 0.330 e. The molecule has 0 spiro atoms. The van der Waals surface area contributed by atoms with Gasteiger partial charge in [0.2, 0.25) is 0 Å². The zero-order chi connectivity index (χ0) is 17.6. The van der Waals surface area contributed by atoms with Gasteiger partial charge in [-0.2, -0.15) is 0 Å². The number of allylic oxidation sites excluding steroid dienone is 4. The van der Waals surface area contributed by atoms with Crippen molar-refractivity contribution in [2.75, 3.05) is 0 Å². The average Bonchev–Trinajstić information content (AvgIpc) is 2.56. The molecule has 2 unspecified atom stereocenters. The molecule has 2 aliphatic heterocycles. The van der Waals surface area contributed by atoms with Gasteiger partial charge < -0.3 is 9.47 Å². The predicted molar refractivity (Wildman–Crippen MR) is 102 cm³/mol. The normalized spacial score (nSPS) is 22.2. The van der Waals surface area contributed by atoms with E-state index in [9.17, 15) is 9.59 Å². The summed E-state index contributed by atoms with van der Waals surface area (Å²) in [5, 5.41) is 0. The second-order valence-electron chi connectivity index (χ2n) is 5.69. The molecule has 0 aromatic carbocycles. The van der Waals surface area contributed by atoms with Crippen molar-refractivity contribution in [1.82, 2.24) is 0 Å². The Morgan fingerprint density at radius 1 is 0.880 bits per heavy atom. The summed E-state index contributed by atoms with van der Waals surface area (Å²) in [7, 11) is 0. The maximum absolute atomic E-state index is 10.8. The van der Waals surface area contributed by atoms with Gasteiger partial charge in [-0.3, -0.25) is 0 Å². The summed E-state index contributed by atoms with van der Waals surface area (Å²) < 4.78 is 10.1. The first-order valence-corrected chi connectivity index (χ1v) is 8.62. The van der Waals surface area contributed by atoms with E-state index in [0.717, 1.165) is 38.5 Å². The lowest BCUT2D eigenvalue weighted by molar-refractivity contribution is -0.145. The summed E-state index contributed by atoms with van der Waals surface area (Å²) in [5.41, 5.74) is 0. The van der Waals surface area contributed by atoms with Gasteiger partial charge in [0.1, 0.15) is 12.2 Å². The van der Waals surface area contributed by atoms with E-state index < -0.39 is 0 Å². The molecule has 4 nitrogen and oxygen atoms in total. The van der Waals surface area contributed by atoms with Crippen molar-refractivity contribution in [2.45, 2.75) is 72.0 Å². The van der Waals surface area contributed by atoms with Crippen LogP contribution in [-0.2, 0) is 19.1 Å². The van der Waals surface area contributed by atoms with Crippen LogP contribution >= 0.6 is 0 Å². The highest BCUT2D eigenvalue weighted by Crippen LogP contribution is 2.13. The minimum Gasteiger partial charge on any atom is -0.459 e. The number of carbonyl (C=O) groups excluding carboxylic acids is 2. The fraction of sp³-hybridized carbons (Fsp3) is 0.524. The van der Waals surface area contributed by atoms with Gasteiger partial charge >= 0.3 is 11.9 Å². The van der Waals surface area contributed by atoms with Crippen molar-refractivity contribution in [3.8, 4) is 0 Å². The van der Waals surface area contributed by atoms with Gasteiger partial charge in [0.25, 0.3) is 0 Å². The molecule has 2 atom stereocenters. The molecular weight excluding hydrogens is 316 g/mol. The first kappa shape index (κ1) is 22.9. The largest absolute Gasteiger partial charge is 0.459 e. The predicted octanol–water partition coefficient (Wildman–Crippen LogP) is 5.06. The third-order valence-electron chi connectivity index (χ3n) is 3.65. The highest BCUT2D eigenvalue weighted by molar-refractivity contribution is 5.83. The summed E-state index contributed by atoms with van der Waals surface area (Å²) in [6.07, 6.45) is 20.7. The van der Waals surface area contributed by atoms with Crippen molar-refractivity contribution < 1.29 is 19.1 Å². The van der Waals surface area contributed by atoms with Crippen molar-refractivity contribution in [1.29, 1.82) is 0 Å². The number of carbonyl (C=O) groups is 2. The van der Waals surface area contributed by atoms with Crippen LogP contribution < -0.4 is 0 Å². The summed E-state index contributed by atoms with van der Waals surface area (Å²) >= 11 is 0. The molecule has 140 valence electrons. The van der Waals surface area contributed by atoms with Gasteiger partial charge in [-0.15, -0.1) is 0 Å². The van der Waals surface area contributed by atoms with Gasteiger partial charge in [0.15, 0.2) is 0 Å². The Hall–Kier alpha value is -2.10. The Bertz CT molecular complexity index is 454. The van der Waals surface area contributed by atoms with Crippen LogP contribution in [0.25, 0.3) is 0 Å². The summed E-state index contributed by atoms with van der Waals surface area (Å²) in [4.78, 5) is 21.6. The lowest BCUT2D eigenvalue weighted by Crippen LogP contribution is -2.19. The van der Waals surface area contributed by atoms with Gasteiger partial charge in [0.05, 0.1) is 0 Å². The van der Waals surface area contributed by atoms with Crippen LogP contribution in [0, 0.1) is 0 Å². The summed E-state index contributed by atoms with van der Waals surface area (Å²) in [6.45, 7) is 3.99. The standard InChI is InChI=1S/2C10H14O2.CH4/c2*1-2-3-4-6-9-7-5-8-10(11)12-9;/h2*2-3,5,8-9H,4,6-7H2,1H3;1H4/b3-2+;3-2-;. The van der Waals surface area contributed by atoms with Crippen molar-refractivity contribution >= 4 is 11.9 Å². The van der Waals surface area contributed by atoms with Crippen molar-refractivity contribution in [2.24, 2.45) is 0 Å². The van der Waals surface area contributed by atoms with Crippen LogP contribution in [0.3, 0.4) is 0 Å². The Morgan fingerprint density at radius 2 is 1.28 bits per heavy atom. The zero-order valence-corrected chi connectivity index (χ0v) is 14.6. The molecule has 0 saturated carbocycles. The molecule has 0 aromatic heterocycles. The van der Waals surface area contributed by atoms with Crippen molar-refractivity contribution in [3.05, 3.63) is 48.6 Å². The summed E-state index contributed by atoms with van der Waals surface area (Å²) in [5.74, 6) is -0.404. The van der Waals surface area contributed by atoms with Crippen LogP contribution in [0.4, 0.5) is 0 Å². The number of ether oxygens (including phenoxy) is 2. The van der Waals surface area contributed by atoms with E-state index in [2.05, 4.69) is 12.2 Å². The van der Waals surface area contributed by atoms with E-state index in [1.165, 1.54) is 12.2 Å². The number of rotatable bonds is 6. The molecule has 0 amide bonds. The SMILES string of the molecule is C.C/C=C/CCC1CC=CC(=O)O1.C/C=C\CCC1CC=CC(=O)O1. The minimum atomic E-state index is -0.202. The first-order chi connectivity index (χ1) is 11.7. The molecule has 0 aliphatic carbocycles. The average molecular weight is 348 g/mol. The Balaban J connectivity index is 0.000000443. The summed E-state index contributed by atoms with van der Waals surface area (Å²) in [6, 6.07) is 0. The number of hydrogen-bond acceptors (Lipinski definition) is 4. The molecule has 2 heterocycles. The Labute approximate surface area is 152 Å². The highest BCUT2D eigenvalue weighted by Gasteiger charge is 2.14. The van der Waals surface area contributed by atoms with Gasteiger partial charge in [0, 0.05) is 25.0 Å². The first-order valence-electron chi connectivity index (χ1n) is 8.62. The molecule has 0 fully saturated rings. The molecule has 2 rings (SSSR count). The third kappa shape index (κ3) is 11.1. The van der Waals surface area contributed by atoms with Crippen LogP contribution in [0.5, 0.6) is 0 Å². The highest BCUT2D eigenvalue weighted by atomic mass is 16.5. The van der Waals surface area contributed by atoms with E-state index in [4.69, 9.17) is 9.47 Å². The second kappa shape index (κ2) is 14.3. The molecule has 0 saturated heterocycles. The van der Waals surface area contributed by atoms with Crippen LogP contribution in [-0.4, -0.2) is 24.1 Å². The second-order valence-corrected chi connectivity index (χ2v) is 5.69. The van der Waals surface area contributed by atoms with E-state index in [0.29, 0.717) is 0 Å². The molecule has 0 bridgehead atoms. The number of hydrogen-bond donors (Lipinski definition) is 0. The van der Waals surface area contributed by atoms with E-state index >= 15 is 0 Å². The number of cyclic esters (lactones) is 2. The van der Waals surface area contributed by atoms with Gasteiger partial charge in [-0.1, -0.05) is 43.9 Å². The van der Waals surface area contributed by atoms with Crippen LogP contribution in [0.1, 0.15) is 59.8 Å². The fourth-order valence-electron chi connectivity index (χ4n) is 2.39. The maximum Gasteiger partial charge on any atom is 0.330 e. The Kier molecular flexibility index (Phi) is 13.1. The lowest BCUT2D eigenvalue weighted by Gasteiger charge is -2.17. The molecule has 4 heteroatoms. The molecule has 0 aromatic rings. The third-order valence-corrected chi connectivity index (χ3v) is 3.65. The lowest BCUT2D eigenvalue weighted by atomic mass is 10.1. The molecule has 2 aliphatic rings. The fourth-order valence-corrected chi connectivity index (χ4v) is 2.39. The Morgan fingerprint density at radius 3 is 1.60 bits per heavy atom. The van der Waals surface area contributed by atoms with Gasteiger partial charge in [-0.25, -0.2) is 9.59 Å². The maximum atomic E-state index is 10.8. The van der Waals surface area contributed by atoms with E-state index in [1.807, 2.05) is 38.2 Å². The minimum absolute atomic E-state index is 0. The van der Waals surface area contributed by atoms with Crippen LogP contribution in [0.15, 0.2) is 48.6 Å². The van der Waals surface area contributed by atoms with E-state index in [-0.39, 0.29) is 31.6 Å². The quantitative estimate of drug-likeness (QED) is 0.497. The molecular formula is C21H32O4. The van der Waals surface area contributed by atoms with E-state index in [1.54, 1.807) is 0 Å². The molecule has 25 heavy (non-hydrogen) atoms. The topological polar surface area (TPSA) is 52.6 Å². The number of esters is 2. The van der Waals surface area contributed by atoms with Gasteiger partial charge in [-0.05, 0) is 39.5 Å².